The summed E-state index contributed by atoms with van der Waals surface area (Å²) in [4.78, 5) is 30.4. The number of para-hydroxylation sites is 1. The van der Waals surface area contributed by atoms with E-state index in [0.717, 1.165) is 36.5 Å². The fraction of sp³-hybridized carbons (Fsp3) is 0.517. The average molecular weight is 550 g/mol. The Labute approximate surface area is 234 Å². The molecule has 10 nitrogen and oxygen atoms in total. The molecular formula is C29H36FN7O3. The third-order valence-electron chi connectivity index (χ3n) is 8.16. The van der Waals surface area contributed by atoms with Crippen LogP contribution in [0.4, 0.5) is 15.9 Å². The number of hydrogen-bond acceptors (Lipinski definition) is 9. The predicted molar refractivity (Wildman–Crippen MR) is 149 cm³/mol. The number of ether oxygens (including phenoxy) is 2. The Balaban J connectivity index is 1.47. The molecule has 0 aliphatic carbocycles. The van der Waals surface area contributed by atoms with Gasteiger partial charge in [0.1, 0.15) is 12.4 Å². The van der Waals surface area contributed by atoms with Crippen LogP contribution in [0.25, 0.3) is 0 Å². The lowest BCUT2D eigenvalue weighted by atomic mass is 10.0. The second kappa shape index (κ2) is 12.1. The first-order valence-electron chi connectivity index (χ1n) is 13.8. The van der Waals surface area contributed by atoms with Gasteiger partial charge in [0.15, 0.2) is 11.6 Å². The van der Waals surface area contributed by atoms with Crippen LogP contribution in [0.3, 0.4) is 0 Å². The molecule has 1 aromatic carbocycles. The quantitative estimate of drug-likeness (QED) is 0.461. The van der Waals surface area contributed by atoms with E-state index in [2.05, 4.69) is 34.4 Å². The lowest BCUT2D eigenvalue weighted by Gasteiger charge is -2.42. The number of carbonyl (C=O) groups excluding carboxylic acids is 1. The molecule has 0 N–H and O–H groups in total. The number of rotatable bonds is 8. The average Bonchev–Trinajstić information content (AvgIpc) is 3.39. The van der Waals surface area contributed by atoms with Crippen molar-refractivity contribution in [2.24, 2.45) is 0 Å². The molecule has 2 unspecified atom stereocenters. The lowest BCUT2D eigenvalue weighted by Crippen LogP contribution is -2.55. The summed E-state index contributed by atoms with van der Waals surface area (Å²) in [6.45, 7) is 7.74. The van der Waals surface area contributed by atoms with E-state index in [0.29, 0.717) is 63.5 Å². The van der Waals surface area contributed by atoms with Gasteiger partial charge in [-0.25, -0.2) is 4.39 Å². The van der Waals surface area contributed by atoms with Crippen molar-refractivity contribution in [1.29, 1.82) is 5.26 Å². The third-order valence-corrected chi connectivity index (χ3v) is 8.16. The SMILES string of the molecule is C=CC(=O)N1CCN(c2nc(OCC3CCCN3C)nc3c2CCN(c2cccc(F)c2OC)C3)CC1CC#N. The number of halogens is 1. The summed E-state index contributed by atoms with van der Waals surface area (Å²) in [5, 5.41) is 9.45. The molecule has 1 aromatic heterocycles. The number of fused-ring (bicyclic) bond motifs is 1. The number of likely N-dealkylation sites (N-methyl/N-ethyl adjacent to an activating group) is 1. The number of carbonyl (C=O) groups is 1. The first-order valence-corrected chi connectivity index (χ1v) is 13.8. The van der Waals surface area contributed by atoms with Gasteiger partial charge in [0, 0.05) is 37.8 Å². The van der Waals surface area contributed by atoms with Crippen molar-refractivity contribution in [1.82, 2.24) is 19.8 Å². The molecule has 2 atom stereocenters. The number of amides is 1. The second-order valence-corrected chi connectivity index (χ2v) is 10.5. The van der Waals surface area contributed by atoms with Gasteiger partial charge in [-0.1, -0.05) is 12.6 Å². The van der Waals surface area contributed by atoms with E-state index in [1.165, 1.54) is 19.3 Å². The minimum absolute atomic E-state index is 0.172. The number of benzene rings is 1. The van der Waals surface area contributed by atoms with Crippen molar-refractivity contribution in [3.8, 4) is 17.8 Å². The first-order chi connectivity index (χ1) is 19.4. The standard InChI is InChI=1S/C29H36FN7O3/c1-4-26(38)37-16-15-36(17-20(37)10-12-31)28-22-11-14-35(25-9-5-8-23(30)27(25)39-3)18-24(22)32-29(33-28)40-19-21-7-6-13-34(21)2/h4-5,8-9,20-21H,1,6-7,10-11,13-19H2,2-3H3. The molecular weight excluding hydrogens is 513 g/mol. The van der Waals surface area contributed by atoms with Crippen molar-refractivity contribution in [3.05, 3.63) is 47.9 Å². The highest BCUT2D eigenvalue weighted by molar-refractivity contribution is 5.87. The fourth-order valence-electron chi connectivity index (χ4n) is 5.96. The minimum Gasteiger partial charge on any atom is -0.492 e. The van der Waals surface area contributed by atoms with Crippen molar-refractivity contribution in [2.45, 2.75) is 44.3 Å². The number of methoxy groups -OCH3 is 1. The van der Waals surface area contributed by atoms with Crippen molar-refractivity contribution < 1.29 is 18.7 Å². The van der Waals surface area contributed by atoms with Crippen LogP contribution < -0.4 is 19.3 Å². The summed E-state index contributed by atoms with van der Waals surface area (Å²) >= 11 is 0. The van der Waals surface area contributed by atoms with Gasteiger partial charge in [0.05, 0.1) is 43.6 Å². The molecule has 0 bridgehead atoms. The maximum atomic E-state index is 14.5. The Kier molecular flexibility index (Phi) is 8.35. The molecule has 2 fully saturated rings. The highest BCUT2D eigenvalue weighted by Crippen LogP contribution is 2.36. The molecule has 212 valence electrons. The Morgan fingerprint density at radius 1 is 1.23 bits per heavy atom. The maximum absolute atomic E-state index is 14.5. The van der Waals surface area contributed by atoms with Gasteiger partial charge < -0.3 is 29.1 Å². The first kappa shape index (κ1) is 27.6. The van der Waals surface area contributed by atoms with Crippen molar-refractivity contribution in [2.75, 3.05) is 63.3 Å². The molecule has 0 saturated carbocycles. The maximum Gasteiger partial charge on any atom is 0.318 e. The molecule has 3 aliphatic rings. The van der Waals surface area contributed by atoms with Crippen LogP contribution >= 0.6 is 0 Å². The van der Waals surface area contributed by atoms with Gasteiger partial charge in [-0.2, -0.15) is 15.2 Å². The largest absolute Gasteiger partial charge is 0.492 e. The predicted octanol–water partition coefficient (Wildman–Crippen LogP) is 2.78. The molecule has 2 aromatic rings. The van der Waals surface area contributed by atoms with E-state index in [-0.39, 0.29) is 24.1 Å². The van der Waals surface area contributed by atoms with Gasteiger partial charge in [-0.3, -0.25) is 4.79 Å². The van der Waals surface area contributed by atoms with Gasteiger partial charge in [-0.05, 0) is 51.1 Å². The zero-order valence-electron chi connectivity index (χ0n) is 23.2. The molecule has 0 radical (unpaired) electrons. The van der Waals surface area contributed by atoms with Crippen LogP contribution in [0.2, 0.25) is 0 Å². The van der Waals surface area contributed by atoms with E-state index >= 15 is 0 Å². The monoisotopic (exact) mass is 549 g/mol. The summed E-state index contributed by atoms with van der Waals surface area (Å²) in [7, 11) is 3.57. The highest BCUT2D eigenvalue weighted by atomic mass is 19.1. The van der Waals surface area contributed by atoms with Gasteiger partial charge >= 0.3 is 6.01 Å². The van der Waals surface area contributed by atoms with Crippen LogP contribution in [0, 0.1) is 17.1 Å². The topological polar surface area (TPSA) is 98.1 Å². The van der Waals surface area contributed by atoms with Crippen molar-refractivity contribution >= 4 is 17.4 Å². The van der Waals surface area contributed by atoms with E-state index in [9.17, 15) is 14.4 Å². The number of nitriles is 1. The number of likely N-dealkylation sites (tertiary alicyclic amines) is 1. The summed E-state index contributed by atoms with van der Waals surface area (Å²) in [5.41, 5.74) is 2.50. The zero-order chi connectivity index (χ0) is 28.2. The van der Waals surface area contributed by atoms with Crippen LogP contribution in [0.1, 0.15) is 30.5 Å². The van der Waals surface area contributed by atoms with E-state index in [4.69, 9.17) is 19.4 Å². The molecule has 0 spiro atoms. The smallest absolute Gasteiger partial charge is 0.318 e. The third kappa shape index (κ3) is 5.54. The number of piperazine rings is 1. The number of anilines is 2. The normalized spacial score (nSPS) is 21.1. The van der Waals surface area contributed by atoms with Crippen LogP contribution in [-0.2, 0) is 17.8 Å². The molecule has 4 heterocycles. The number of nitrogens with zero attached hydrogens (tertiary/aromatic N) is 7. The van der Waals surface area contributed by atoms with Crippen LogP contribution in [0.5, 0.6) is 11.8 Å². The Morgan fingerprint density at radius 2 is 2.08 bits per heavy atom. The minimum atomic E-state index is -0.408. The van der Waals surface area contributed by atoms with Gasteiger partial charge in [-0.15, -0.1) is 0 Å². The highest BCUT2D eigenvalue weighted by Gasteiger charge is 2.34. The van der Waals surface area contributed by atoms with Crippen LogP contribution in [0.15, 0.2) is 30.9 Å². The summed E-state index contributed by atoms with van der Waals surface area (Å²) in [6, 6.07) is 7.49. The summed E-state index contributed by atoms with van der Waals surface area (Å²) in [5.74, 6) is 0.408. The Hall–Kier alpha value is -3.91. The fourth-order valence-corrected chi connectivity index (χ4v) is 5.96. The second-order valence-electron chi connectivity index (χ2n) is 10.5. The molecule has 3 aliphatic heterocycles. The van der Waals surface area contributed by atoms with E-state index in [1.54, 1.807) is 11.0 Å². The molecule has 40 heavy (non-hydrogen) atoms. The van der Waals surface area contributed by atoms with Gasteiger partial charge in [0.2, 0.25) is 5.91 Å². The van der Waals surface area contributed by atoms with Crippen LogP contribution in [-0.4, -0.2) is 91.2 Å². The molecule has 1 amide bonds. The van der Waals surface area contributed by atoms with Crippen molar-refractivity contribution in [3.63, 3.8) is 0 Å². The Bertz CT molecular complexity index is 1300. The Morgan fingerprint density at radius 3 is 2.80 bits per heavy atom. The number of aromatic nitrogens is 2. The van der Waals surface area contributed by atoms with E-state index in [1.807, 2.05) is 6.07 Å². The lowest BCUT2D eigenvalue weighted by molar-refractivity contribution is -0.128. The van der Waals surface area contributed by atoms with Gasteiger partial charge in [0.25, 0.3) is 0 Å². The molecule has 11 heteroatoms. The zero-order valence-corrected chi connectivity index (χ0v) is 23.2. The summed E-state index contributed by atoms with van der Waals surface area (Å²) in [6.07, 6.45) is 4.36. The number of hydrogen-bond donors (Lipinski definition) is 0. The molecule has 2 saturated heterocycles. The van der Waals surface area contributed by atoms with E-state index < -0.39 is 5.82 Å². The summed E-state index contributed by atoms with van der Waals surface area (Å²) < 4.78 is 26.1. The molecule has 5 rings (SSSR count).